The zero-order chi connectivity index (χ0) is 15.8. The fourth-order valence-electron chi connectivity index (χ4n) is 2.06. The summed E-state index contributed by atoms with van der Waals surface area (Å²) in [6.45, 7) is 2.03. The average molecular weight is 297 g/mol. The summed E-state index contributed by atoms with van der Waals surface area (Å²) in [6.07, 6.45) is -0.0752. The van der Waals surface area contributed by atoms with Crippen LogP contribution >= 0.6 is 0 Å². The van der Waals surface area contributed by atoms with Gasteiger partial charge in [0.25, 0.3) is 0 Å². The predicted octanol–water partition coefficient (Wildman–Crippen LogP) is 3.57. The lowest BCUT2D eigenvalue weighted by Crippen LogP contribution is -2.40. The summed E-state index contributed by atoms with van der Waals surface area (Å²) in [6, 6.07) is 17.7. The second-order valence-electron chi connectivity index (χ2n) is 4.90. The summed E-state index contributed by atoms with van der Waals surface area (Å²) in [5.41, 5.74) is 1.48. The quantitative estimate of drug-likeness (QED) is 0.829. The topological polar surface area (TPSA) is 55.4 Å². The number of hydrogen-bond acceptors (Lipinski definition) is 3. The highest BCUT2D eigenvalue weighted by Gasteiger charge is 2.20. The standard InChI is InChI=1S/C18H19NO3/c1-2-16(17(20)15-11-7-4-8-12-15)19-18(21)22-13-14-9-5-3-6-10-14/h3-12,16H,2,13H2,1H3,(H,19,21). The first-order valence-electron chi connectivity index (χ1n) is 7.27. The van der Waals surface area contributed by atoms with Crippen LogP contribution in [0.1, 0.15) is 29.3 Å². The molecule has 4 nitrogen and oxygen atoms in total. The Morgan fingerprint density at radius 3 is 2.18 bits per heavy atom. The molecule has 0 bridgehead atoms. The van der Waals surface area contributed by atoms with Gasteiger partial charge in [0, 0.05) is 5.56 Å². The molecule has 0 aromatic heterocycles. The van der Waals surface area contributed by atoms with Crippen molar-refractivity contribution >= 4 is 11.9 Å². The van der Waals surface area contributed by atoms with Crippen LogP contribution in [-0.2, 0) is 11.3 Å². The normalized spacial score (nSPS) is 11.5. The molecule has 2 aromatic rings. The molecule has 1 N–H and O–H groups in total. The molecule has 0 spiro atoms. The van der Waals surface area contributed by atoms with Crippen LogP contribution in [-0.4, -0.2) is 17.9 Å². The molecule has 0 fully saturated rings. The van der Waals surface area contributed by atoms with Crippen molar-refractivity contribution in [2.75, 3.05) is 0 Å². The number of carbonyl (C=O) groups excluding carboxylic acids is 2. The Kier molecular flexibility index (Phi) is 5.72. The lowest BCUT2D eigenvalue weighted by Gasteiger charge is -2.16. The van der Waals surface area contributed by atoms with Crippen molar-refractivity contribution in [1.82, 2.24) is 5.32 Å². The molecule has 0 aliphatic heterocycles. The summed E-state index contributed by atoms with van der Waals surface area (Å²) >= 11 is 0. The molecule has 114 valence electrons. The number of ketones is 1. The van der Waals surface area contributed by atoms with E-state index in [1.807, 2.05) is 43.3 Å². The van der Waals surface area contributed by atoms with E-state index in [0.717, 1.165) is 5.56 Å². The van der Waals surface area contributed by atoms with Gasteiger partial charge < -0.3 is 10.1 Å². The zero-order valence-corrected chi connectivity index (χ0v) is 12.5. The molecule has 1 atom stereocenters. The molecule has 22 heavy (non-hydrogen) atoms. The maximum atomic E-state index is 12.3. The first-order chi connectivity index (χ1) is 10.7. The Bertz CT molecular complexity index is 611. The van der Waals surface area contributed by atoms with Crippen LogP contribution in [0.3, 0.4) is 0 Å². The lowest BCUT2D eigenvalue weighted by atomic mass is 10.0. The van der Waals surface area contributed by atoms with Crippen molar-refractivity contribution in [2.45, 2.75) is 26.0 Å². The van der Waals surface area contributed by atoms with E-state index in [1.165, 1.54) is 0 Å². The maximum absolute atomic E-state index is 12.3. The van der Waals surface area contributed by atoms with Gasteiger partial charge in [-0.05, 0) is 12.0 Å². The van der Waals surface area contributed by atoms with Gasteiger partial charge in [0.15, 0.2) is 5.78 Å². The minimum absolute atomic E-state index is 0.111. The van der Waals surface area contributed by atoms with Gasteiger partial charge in [0.05, 0.1) is 6.04 Å². The van der Waals surface area contributed by atoms with Gasteiger partial charge in [-0.2, -0.15) is 0 Å². The van der Waals surface area contributed by atoms with Crippen LogP contribution in [0.2, 0.25) is 0 Å². The number of amides is 1. The molecule has 0 radical (unpaired) electrons. The summed E-state index contributed by atoms with van der Waals surface area (Å²) in [5, 5.41) is 2.62. The van der Waals surface area contributed by atoms with E-state index < -0.39 is 12.1 Å². The molecule has 0 saturated heterocycles. The van der Waals surface area contributed by atoms with Crippen molar-refractivity contribution in [1.29, 1.82) is 0 Å². The first-order valence-corrected chi connectivity index (χ1v) is 7.27. The SMILES string of the molecule is CCC(NC(=O)OCc1ccccc1)C(=O)c1ccccc1. The summed E-state index contributed by atoms with van der Waals surface area (Å²) in [4.78, 5) is 24.2. The number of carbonyl (C=O) groups is 2. The van der Waals surface area contributed by atoms with Gasteiger partial charge in [-0.25, -0.2) is 4.79 Å². The number of rotatable bonds is 6. The van der Waals surface area contributed by atoms with Crippen LogP contribution < -0.4 is 5.32 Å². The highest BCUT2D eigenvalue weighted by molar-refractivity contribution is 6.01. The van der Waals surface area contributed by atoms with Crippen molar-refractivity contribution in [3.05, 3.63) is 71.8 Å². The summed E-state index contributed by atoms with van der Waals surface area (Å²) in [7, 11) is 0. The number of nitrogens with one attached hydrogen (secondary N) is 1. The Morgan fingerprint density at radius 1 is 1.00 bits per heavy atom. The van der Waals surface area contributed by atoms with Crippen molar-refractivity contribution in [3.63, 3.8) is 0 Å². The van der Waals surface area contributed by atoms with Gasteiger partial charge in [0.2, 0.25) is 0 Å². The fraction of sp³-hybridized carbons (Fsp3) is 0.222. The van der Waals surface area contributed by atoms with E-state index in [2.05, 4.69) is 5.32 Å². The number of hydrogen-bond donors (Lipinski definition) is 1. The van der Waals surface area contributed by atoms with Crippen LogP contribution in [0.25, 0.3) is 0 Å². The van der Waals surface area contributed by atoms with Crippen LogP contribution in [0.5, 0.6) is 0 Å². The molecule has 0 heterocycles. The van der Waals surface area contributed by atoms with Crippen LogP contribution in [0.15, 0.2) is 60.7 Å². The van der Waals surface area contributed by atoms with E-state index >= 15 is 0 Å². The molecule has 0 aliphatic rings. The summed E-state index contributed by atoms with van der Waals surface area (Å²) in [5.74, 6) is -0.111. The van der Waals surface area contributed by atoms with E-state index in [4.69, 9.17) is 4.74 Å². The molecular formula is C18H19NO3. The van der Waals surface area contributed by atoms with Crippen molar-refractivity contribution < 1.29 is 14.3 Å². The predicted molar refractivity (Wildman–Crippen MR) is 84.6 cm³/mol. The van der Waals surface area contributed by atoms with E-state index in [1.54, 1.807) is 24.3 Å². The van der Waals surface area contributed by atoms with E-state index in [9.17, 15) is 9.59 Å². The summed E-state index contributed by atoms with van der Waals surface area (Å²) < 4.78 is 5.14. The smallest absolute Gasteiger partial charge is 0.408 e. The number of benzene rings is 2. The molecular weight excluding hydrogens is 278 g/mol. The monoisotopic (exact) mass is 297 g/mol. The Balaban J connectivity index is 1.89. The average Bonchev–Trinajstić information content (AvgIpc) is 2.59. The third-order valence-electron chi connectivity index (χ3n) is 3.29. The van der Waals surface area contributed by atoms with Gasteiger partial charge in [0.1, 0.15) is 6.61 Å². The highest BCUT2D eigenvalue weighted by atomic mass is 16.5. The Labute approximate surface area is 130 Å². The van der Waals surface area contributed by atoms with Gasteiger partial charge >= 0.3 is 6.09 Å². The first kappa shape index (κ1) is 15.8. The largest absolute Gasteiger partial charge is 0.445 e. The minimum atomic E-state index is -0.583. The number of ether oxygens (including phenoxy) is 1. The van der Waals surface area contributed by atoms with E-state index in [-0.39, 0.29) is 12.4 Å². The number of alkyl carbamates (subject to hydrolysis) is 1. The van der Waals surface area contributed by atoms with Crippen LogP contribution in [0.4, 0.5) is 4.79 Å². The fourth-order valence-corrected chi connectivity index (χ4v) is 2.06. The van der Waals surface area contributed by atoms with Crippen molar-refractivity contribution in [3.8, 4) is 0 Å². The second-order valence-corrected chi connectivity index (χ2v) is 4.90. The van der Waals surface area contributed by atoms with E-state index in [0.29, 0.717) is 12.0 Å². The molecule has 1 amide bonds. The molecule has 2 rings (SSSR count). The van der Waals surface area contributed by atoms with Gasteiger partial charge in [-0.15, -0.1) is 0 Å². The molecule has 1 unspecified atom stereocenters. The molecule has 2 aromatic carbocycles. The third-order valence-corrected chi connectivity index (χ3v) is 3.29. The van der Waals surface area contributed by atoms with Crippen LogP contribution in [0, 0.1) is 0 Å². The minimum Gasteiger partial charge on any atom is -0.445 e. The third kappa shape index (κ3) is 4.45. The number of Topliss-reactive ketones (excluding diaryl/α,β-unsaturated/α-hetero) is 1. The zero-order valence-electron chi connectivity index (χ0n) is 12.5. The molecule has 4 heteroatoms. The lowest BCUT2D eigenvalue weighted by molar-refractivity contribution is 0.0914. The second kappa shape index (κ2) is 7.98. The maximum Gasteiger partial charge on any atom is 0.408 e. The van der Waals surface area contributed by atoms with Crippen molar-refractivity contribution in [2.24, 2.45) is 0 Å². The molecule has 0 saturated carbocycles. The Morgan fingerprint density at radius 2 is 1.59 bits per heavy atom. The highest BCUT2D eigenvalue weighted by Crippen LogP contribution is 2.07. The van der Waals surface area contributed by atoms with Gasteiger partial charge in [-0.3, -0.25) is 4.79 Å². The molecule has 0 aliphatic carbocycles. The van der Waals surface area contributed by atoms with Gasteiger partial charge in [-0.1, -0.05) is 67.6 Å². The Hall–Kier alpha value is -2.62.